The molecular formula is C13H22N2O2S2. The summed E-state index contributed by atoms with van der Waals surface area (Å²) in [6.07, 6.45) is 6.01. The molecule has 3 N–H and O–H groups in total. The summed E-state index contributed by atoms with van der Waals surface area (Å²) in [6.45, 7) is 2.87. The number of hydrogen-bond acceptors (Lipinski definition) is 4. The summed E-state index contributed by atoms with van der Waals surface area (Å²) in [5.74, 6) is 0.499. The lowest BCUT2D eigenvalue weighted by Crippen LogP contribution is -2.29. The molecule has 1 aliphatic rings. The van der Waals surface area contributed by atoms with Crippen LogP contribution in [0.4, 0.5) is 0 Å². The van der Waals surface area contributed by atoms with Gasteiger partial charge < -0.3 is 5.73 Å². The topological polar surface area (TPSA) is 72.2 Å². The van der Waals surface area contributed by atoms with Gasteiger partial charge in [-0.1, -0.05) is 19.3 Å². The molecule has 0 radical (unpaired) electrons. The van der Waals surface area contributed by atoms with E-state index in [-0.39, 0.29) is 0 Å². The molecule has 0 saturated heterocycles. The standard InChI is InChI=1S/C13H22N2O2S2/c1-10-7-13(18-12(10)8-14)19(16,17)15-9-11-5-3-2-4-6-11/h7,11,15H,2-6,8-9,14H2,1H3. The number of nitrogens with two attached hydrogens (primary N) is 1. The van der Waals surface area contributed by atoms with Crippen molar-refractivity contribution in [1.82, 2.24) is 4.72 Å². The van der Waals surface area contributed by atoms with E-state index in [9.17, 15) is 8.42 Å². The van der Waals surface area contributed by atoms with Crippen LogP contribution in [0.3, 0.4) is 0 Å². The van der Waals surface area contributed by atoms with Gasteiger partial charge in [-0.15, -0.1) is 11.3 Å². The van der Waals surface area contributed by atoms with Gasteiger partial charge in [-0.3, -0.25) is 0 Å². The van der Waals surface area contributed by atoms with Crippen molar-refractivity contribution in [2.45, 2.75) is 49.8 Å². The first kappa shape index (κ1) is 15.0. The lowest BCUT2D eigenvalue weighted by Gasteiger charge is -2.21. The maximum absolute atomic E-state index is 12.2. The molecule has 4 nitrogen and oxygen atoms in total. The molecule has 0 aromatic carbocycles. The first-order valence-electron chi connectivity index (χ1n) is 6.82. The van der Waals surface area contributed by atoms with Crippen molar-refractivity contribution in [2.24, 2.45) is 11.7 Å². The van der Waals surface area contributed by atoms with Crippen molar-refractivity contribution in [2.75, 3.05) is 6.54 Å². The monoisotopic (exact) mass is 302 g/mol. The van der Waals surface area contributed by atoms with Gasteiger partial charge in [0.1, 0.15) is 4.21 Å². The van der Waals surface area contributed by atoms with E-state index in [0.717, 1.165) is 23.3 Å². The summed E-state index contributed by atoms with van der Waals surface area (Å²) in [6, 6.07) is 1.72. The Balaban J connectivity index is 2.00. The van der Waals surface area contributed by atoms with E-state index in [1.807, 2.05) is 6.92 Å². The summed E-state index contributed by atoms with van der Waals surface area (Å²) < 4.78 is 27.6. The van der Waals surface area contributed by atoms with Crippen molar-refractivity contribution < 1.29 is 8.42 Å². The second-order valence-corrected chi connectivity index (χ2v) is 8.36. The maximum atomic E-state index is 12.2. The fraction of sp³-hybridized carbons (Fsp3) is 0.692. The molecule has 0 unspecified atom stereocenters. The highest BCUT2D eigenvalue weighted by Gasteiger charge is 2.21. The number of thiophene rings is 1. The minimum Gasteiger partial charge on any atom is -0.326 e. The molecule has 2 rings (SSSR count). The molecule has 1 heterocycles. The van der Waals surface area contributed by atoms with Crippen LogP contribution in [0.5, 0.6) is 0 Å². The summed E-state index contributed by atoms with van der Waals surface area (Å²) in [5, 5.41) is 0. The largest absolute Gasteiger partial charge is 0.326 e. The zero-order valence-corrected chi connectivity index (χ0v) is 12.9. The fourth-order valence-electron chi connectivity index (χ4n) is 2.51. The minimum absolute atomic E-state index is 0.390. The van der Waals surface area contributed by atoms with Crippen molar-refractivity contribution in [3.8, 4) is 0 Å². The average molecular weight is 302 g/mol. The van der Waals surface area contributed by atoms with Gasteiger partial charge in [-0.2, -0.15) is 0 Å². The van der Waals surface area contributed by atoms with Crippen LogP contribution in [0.1, 0.15) is 42.5 Å². The smallest absolute Gasteiger partial charge is 0.250 e. The lowest BCUT2D eigenvalue weighted by atomic mass is 9.90. The van der Waals surface area contributed by atoms with E-state index < -0.39 is 10.0 Å². The second-order valence-electron chi connectivity index (χ2n) is 5.23. The van der Waals surface area contributed by atoms with E-state index in [0.29, 0.717) is 23.2 Å². The van der Waals surface area contributed by atoms with E-state index in [2.05, 4.69) is 4.72 Å². The van der Waals surface area contributed by atoms with Crippen LogP contribution >= 0.6 is 11.3 Å². The summed E-state index contributed by atoms with van der Waals surface area (Å²) >= 11 is 1.28. The molecule has 1 aromatic rings. The summed E-state index contributed by atoms with van der Waals surface area (Å²) in [7, 11) is -3.36. The molecule has 0 aliphatic heterocycles. The lowest BCUT2D eigenvalue weighted by molar-refractivity contribution is 0.357. The number of aryl methyl sites for hydroxylation is 1. The van der Waals surface area contributed by atoms with Crippen molar-refractivity contribution >= 4 is 21.4 Å². The Morgan fingerprint density at radius 3 is 2.63 bits per heavy atom. The van der Waals surface area contributed by atoms with Crippen molar-refractivity contribution in [3.63, 3.8) is 0 Å². The quantitative estimate of drug-likeness (QED) is 0.877. The van der Waals surface area contributed by atoms with Crippen molar-refractivity contribution in [3.05, 3.63) is 16.5 Å². The third-order valence-electron chi connectivity index (χ3n) is 3.74. The molecular weight excluding hydrogens is 280 g/mol. The van der Waals surface area contributed by atoms with E-state index in [4.69, 9.17) is 5.73 Å². The summed E-state index contributed by atoms with van der Waals surface area (Å²) in [5.41, 5.74) is 6.56. The van der Waals surface area contributed by atoms with Crippen LogP contribution in [0.25, 0.3) is 0 Å². The predicted molar refractivity (Wildman–Crippen MR) is 78.7 cm³/mol. The Labute approximate surface area is 119 Å². The molecule has 108 valence electrons. The maximum Gasteiger partial charge on any atom is 0.250 e. The number of sulfonamides is 1. The zero-order valence-electron chi connectivity index (χ0n) is 11.3. The van der Waals surface area contributed by atoms with E-state index in [1.54, 1.807) is 6.07 Å². The van der Waals surface area contributed by atoms with Crippen LogP contribution in [0.15, 0.2) is 10.3 Å². The number of rotatable bonds is 5. The first-order valence-corrected chi connectivity index (χ1v) is 9.12. The van der Waals surface area contributed by atoms with Crippen LogP contribution in [0, 0.1) is 12.8 Å². The second kappa shape index (κ2) is 6.35. The molecule has 0 atom stereocenters. The Hall–Kier alpha value is -0.430. The van der Waals surface area contributed by atoms with Gasteiger partial charge in [0, 0.05) is 18.0 Å². The van der Waals surface area contributed by atoms with Crippen LogP contribution in [0.2, 0.25) is 0 Å². The highest BCUT2D eigenvalue weighted by atomic mass is 32.2. The van der Waals surface area contributed by atoms with Crippen LogP contribution in [-0.4, -0.2) is 15.0 Å². The Bertz CT molecular complexity index is 517. The molecule has 0 spiro atoms. The molecule has 1 aromatic heterocycles. The van der Waals surface area contributed by atoms with Crippen molar-refractivity contribution in [1.29, 1.82) is 0 Å². The normalized spacial score (nSPS) is 17.8. The Kier molecular flexibility index (Phi) is 5.00. The number of hydrogen-bond donors (Lipinski definition) is 2. The fourth-order valence-corrected chi connectivity index (χ4v) is 5.14. The van der Waals surface area contributed by atoms with Gasteiger partial charge in [0.25, 0.3) is 0 Å². The Morgan fingerprint density at radius 1 is 1.37 bits per heavy atom. The predicted octanol–water partition coefficient (Wildman–Crippen LogP) is 2.37. The first-order chi connectivity index (χ1) is 9.03. The van der Waals surface area contributed by atoms with E-state index >= 15 is 0 Å². The molecule has 0 bridgehead atoms. The molecule has 6 heteroatoms. The number of nitrogens with one attached hydrogen (secondary N) is 1. The molecule has 19 heavy (non-hydrogen) atoms. The third kappa shape index (κ3) is 3.78. The molecule has 1 fully saturated rings. The molecule has 0 amide bonds. The van der Waals surface area contributed by atoms with E-state index in [1.165, 1.54) is 30.6 Å². The van der Waals surface area contributed by atoms with Gasteiger partial charge in [-0.05, 0) is 37.3 Å². The highest BCUT2D eigenvalue weighted by Crippen LogP contribution is 2.27. The van der Waals surface area contributed by atoms with Crippen LogP contribution in [-0.2, 0) is 16.6 Å². The average Bonchev–Trinajstić information content (AvgIpc) is 2.80. The molecule has 1 saturated carbocycles. The van der Waals surface area contributed by atoms with Crippen LogP contribution < -0.4 is 10.5 Å². The van der Waals surface area contributed by atoms with Gasteiger partial charge in [0.2, 0.25) is 10.0 Å². The highest BCUT2D eigenvalue weighted by molar-refractivity contribution is 7.91. The summed E-state index contributed by atoms with van der Waals surface area (Å²) in [4.78, 5) is 0.943. The van der Waals surface area contributed by atoms with Gasteiger partial charge >= 0.3 is 0 Å². The van der Waals surface area contributed by atoms with Gasteiger partial charge in [0.15, 0.2) is 0 Å². The zero-order chi connectivity index (χ0) is 13.9. The third-order valence-corrected chi connectivity index (χ3v) is 6.89. The minimum atomic E-state index is -3.36. The SMILES string of the molecule is Cc1cc(S(=O)(=O)NCC2CCCCC2)sc1CN. The van der Waals surface area contributed by atoms with Gasteiger partial charge in [-0.25, -0.2) is 13.1 Å². The van der Waals surface area contributed by atoms with Gasteiger partial charge in [0.05, 0.1) is 0 Å². The molecule has 1 aliphatic carbocycles. The Morgan fingerprint density at radius 2 is 2.05 bits per heavy atom.